The molecule has 0 aliphatic heterocycles. The molecule has 0 aromatic carbocycles. The SMILES string of the molecule is CCCCCCC=COBOC=CCCCCCC. The molecule has 0 unspecified atom stereocenters. The van der Waals surface area contributed by atoms with Crippen molar-refractivity contribution in [1.29, 1.82) is 0 Å². The molecule has 0 amide bonds. The van der Waals surface area contributed by atoms with Gasteiger partial charge in [-0.2, -0.15) is 0 Å². The van der Waals surface area contributed by atoms with Crippen molar-refractivity contribution in [1.82, 2.24) is 0 Å². The highest BCUT2D eigenvalue weighted by Crippen LogP contribution is 2.03. The number of hydrogen-bond acceptors (Lipinski definition) is 2. The molecule has 0 saturated carbocycles. The van der Waals surface area contributed by atoms with Gasteiger partial charge in [-0.1, -0.05) is 64.5 Å². The van der Waals surface area contributed by atoms with Gasteiger partial charge in [0, 0.05) is 0 Å². The summed E-state index contributed by atoms with van der Waals surface area (Å²) in [6.45, 7) is 4.46. The van der Waals surface area contributed by atoms with Gasteiger partial charge in [-0.15, -0.1) is 0 Å². The lowest BCUT2D eigenvalue weighted by Gasteiger charge is -1.98. The Hall–Kier alpha value is -0.855. The van der Waals surface area contributed by atoms with E-state index in [9.17, 15) is 0 Å². The second-order valence-electron chi connectivity index (χ2n) is 4.89. The Morgan fingerprint density at radius 3 is 1.58 bits per heavy atom. The highest BCUT2D eigenvalue weighted by molar-refractivity contribution is 6.18. The van der Waals surface area contributed by atoms with Crippen molar-refractivity contribution in [2.24, 2.45) is 0 Å². The van der Waals surface area contributed by atoms with Crippen molar-refractivity contribution in [3.8, 4) is 0 Å². The summed E-state index contributed by atoms with van der Waals surface area (Å²) in [5, 5.41) is 0. The molecule has 0 heterocycles. The fourth-order valence-electron chi connectivity index (χ4n) is 1.77. The minimum atomic E-state index is 0.316. The Labute approximate surface area is 120 Å². The third kappa shape index (κ3) is 17.1. The Morgan fingerprint density at radius 2 is 1.16 bits per heavy atom. The first-order valence-electron chi connectivity index (χ1n) is 7.95. The van der Waals surface area contributed by atoms with Crippen LogP contribution in [-0.2, 0) is 9.31 Å². The number of rotatable bonds is 14. The highest BCUT2D eigenvalue weighted by Gasteiger charge is 1.88. The van der Waals surface area contributed by atoms with Crippen LogP contribution in [0.5, 0.6) is 0 Å². The smallest absolute Gasteiger partial charge is 0.535 e. The zero-order valence-corrected chi connectivity index (χ0v) is 12.9. The Morgan fingerprint density at radius 1 is 0.684 bits per heavy atom. The van der Waals surface area contributed by atoms with Crippen LogP contribution in [0.2, 0.25) is 0 Å². The zero-order chi connectivity index (χ0) is 14.0. The van der Waals surface area contributed by atoms with Gasteiger partial charge in [0.05, 0.1) is 12.5 Å². The Balaban J connectivity index is 3.12. The topological polar surface area (TPSA) is 18.5 Å². The molecule has 0 aliphatic rings. The van der Waals surface area contributed by atoms with E-state index in [0.717, 1.165) is 12.8 Å². The molecule has 0 saturated heterocycles. The summed E-state index contributed by atoms with van der Waals surface area (Å²) >= 11 is 0. The molecule has 0 rings (SSSR count). The van der Waals surface area contributed by atoms with E-state index < -0.39 is 0 Å². The summed E-state index contributed by atoms with van der Waals surface area (Å²) in [5.41, 5.74) is 0. The largest absolute Gasteiger partial charge is 0.575 e. The molecule has 3 heteroatoms. The van der Waals surface area contributed by atoms with Gasteiger partial charge in [-0.3, -0.25) is 0 Å². The van der Waals surface area contributed by atoms with Crippen LogP contribution < -0.4 is 0 Å². The molecule has 0 N–H and O–H groups in total. The molecule has 2 nitrogen and oxygen atoms in total. The van der Waals surface area contributed by atoms with Crippen LogP contribution in [0.3, 0.4) is 0 Å². The normalized spacial score (nSPS) is 11.3. The standard InChI is InChI=1S/C16H31BO2/c1-3-5-7-9-11-13-15-18-17-19-16-14-12-10-8-6-4-2/h13-17H,3-12H2,1-2H3. The molecule has 0 radical (unpaired) electrons. The molecule has 0 aromatic heterocycles. The van der Waals surface area contributed by atoms with Gasteiger partial charge in [-0.25, -0.2) is 0 Å². The van der Waals surface area contributed by atoms with E-state index in [1.165, 1.54) is 51.4 Å². The predicted molar refractivity (Wildman–Crippen MR) is 85.1 cm³/mol. The number of hydrogen-bond donors (Lipinski definition) is 0. The summed E-state index contributed by atoms with van der Waals surface area (Å²) in [6.07, 6.45) is 20.3. The van der Waals surface area contributed by atoms with Crippen LogP contribution in [0.1, 0.15) is 78.1 Å². The lowest BCUT2D eigenvalue weighted by Crippen LogP contribution is -1.94. The molecule has 0 aromatic rings. The van der Waals surface area contributed by atoms with E-state index in [4.69, 9.17) is 9.31 Å². The first-order chi connectivity index (χ1) is 9.41. The molecule has 110 valence electrons. The van der Waals surface area contributed by atoms with E-state index in [-0.39, 0.29) is 0 Å². The summed E-state index contributed by atoms with van der Waals surface area (Å²) < 4.78 is 10.5. The third-order valence-electron chi connectivity index (χ3n) is 2.97. The third-order valence-corrected chi connectivity index (χ3v) is 2.97. The van der Waals surface area contributed by atoms with Crippen molar-refractivity contribution in [3.63, 3.8) is 0 Å². The highest BCUT2D eigenvalue weighted by atomic mass is 16.6. The van der Waals surface area contributed by atoms with Crippen LogP contribution in [0.15, 0.2) is 24.7 Å². The second kappa shape index (κ2) is 17.1. The summed E-state index contributed by atoms with van der Waals surface area (Å²) in [4.78, 5) is 0. The van der Waals surface area contributed by atoms with Crippen LogP contribution in [0.25, 0.3) is 0 Å². The van der Waals surface area contributed by atoms with Gasteiger partial charge in [0.15, 0.2) is 0 Å². The zero-order valence-electron chi connectivity index (χ0n) is 12.9. The molecule has 0 aliphatic carbocycles. The Bertz CT molecular complexity index is 193. The van der Waals surface area contributed by atoms with Gasteiger partial charge in [-0.05, 0) is 25.7 Å². The molecule has 0 atom stereocenters. The van der Waals surface area contributed by atoms with E-state index in [1.807, 2.05) is 0 Å². The van der Waals surface area contributed by atoms with Crippen LogP contribution in [0.4, 0.5) is 0 Å². The maximum atomic E-state index is 5.23. The maximum Gasteiger partial charge on any atom is 0.575 e. The lowest BCUT2D eigenvalue weighted by molar-refractivity contribution is 0.373. The first-order valence-corrected chi connectivity index (χ1v) is 7.95. The molecule has 0 spiro atoms. The molecular weight excluding hydrogens is 235 g/mol. The van der Waals surface area contributed by atoms with Crippen molar-refractivity contribution in [3.05, 3.63) is 24.7 Å². The van der Waals surface area contributed by atoms with Gasteiger partial charge >= 0.3 is 7.69 Å². The fourth-order valence-corrected chi connectivity index (χ4v) is 1.77. The molecule has 0 bridgehead atoms. The molecule has 19 heavy (non-hydrogen) atoms. The summed E-state index contributed by atoms with van der Waals surface area (Å²) in [5.74, 6) is 0. The predicted octanol–water partition coefficient (Wildman–Crippen LogP) is 5.25. The maximum absolute atomic E-state index is 5.23. The van der Waals surface area contributed by atoms with E-state index in [1.54, 1.807) is 12.5 Å². The van der Waals surface area contributed by atoms with Gasteiger partial charge in [0.1, 0.15) is 0 Å². The average molecular weight is 266 g/mol. The van der Waals surface area contributed by atoms with Crippen molar-refractivity contribution >= 4 is 7.69 Å². The lowest BCUT2D eigenvalue weighted by atomic mass is 10.1. The fraction of sp³-hybridized carbons (Fsp3) is 0.750. The summed E-state index contributed by atoms with van der Waals surface area (Å²) in [6, 6.07) is 0. The monoisotopic (exact) mass is 266 g/mol. The van der Waals surface area contributed by atoms with Gasteiger partial charge in [0.25, 0.3) is 0 Å². The van der Waals surface area contributed by atoms with Gasteiger partial charge in [0.2, 0.25) is 0 Å². The summed E-state index contributed by atoms with van der Waals surface area (Å²) in [7, 11) is 0.316. The van der Waals surface area contributed by atoms with Crippen molar-refractivity contribution in [2.45, 2.75) is 78.1 Å². The van der Waals surface area contributed by atoms with Crippen molar-refractivity contribution < 1.29 is 9.31 Å². The van der Waals surface area contributed by atoms with Gasteiger partial charge < -0.3 is 9.31 Å². The quantitative estimate of drug-likeness (QED) is 0.243. The average Bonchev–Trinajstić information content (AvgIpc) is 2.43. The van der Waals surface area contributed by atoms with Crippen molar-refractivity contribution in [2.75, 3.05) is 0 Å². The number of unbranched alkanes of at least 4 members (excludes halogenated alkanes) is 8. The van der Waals surface area contributed by atoms with E-state index >= 15 is 0 Å². The van der Waals surface area contributed by atoms with Crippen LogP contribution >= 0.6 is 0 Å². The molecule has 0 fully saturated rings. The van der Waals surface area contributed by atoms with Crippen LogP contribution in [0, 0.1) is 0 Å². The van der Waals surface area contributed by atoms with E-state index in [2.05, 4.69) is 26.0 Å². The minimum absolute atomic E-state index is 0.316. The number of allylic oxidation sites excluding steroid dienone is 2. The van der Waals surface area contributed by atoms with E-state index in [0.29, 0.717) is 7.69 Å². The molecular formula is C16H31BO2. The van der Waals surface area contributed by atoms with Crippen LogP contribution in [-0.4, -0.2) is 7.69 Å². The second-order valence-corrected chi connectivity index (χ2v) is 4.89. The Kier molecular flexibility index (Phi) is 16.4. The first kappa shape index (κ1) is 18.1. The minimum Gasteiger partial charge on any atom is -0.535 e.